The van der Waals surface area contributed by atoms with Crippen molar-refractivity contribution in [2.24, 2.45) is 4.99 Å². The normalized spacial score (nSPS) is 22.8. The molecule has 284 valence electrons. The minimum Gasteiger partial charge on any atom is -0.462 e. The number of nitrogens with zero attached hydrogens (tertiary/aromatic N) is 4. The van der Waals surface area contributed by atoms with Crippen molar-refractivity contribution in [2.75, 3.05) is 33.1 Å². The van der Waals surface area contributed by atoms with Crippen molar-refractivity contribution in [3.8, 4) is 5.75 Å². The third-order valence-corrected chi connectivity index (χ3v) is 9.80. The van der Waals surface area contributed by atoms with Gasteiger partial charge in [-0.25, -0.2) is 14.1 Å². The zero-order chi connectivity index (χ0) is 38.4. The van der Waals surface area contributed by atoms with Gasteiger partial charge in [0, 0.05) is 34.2 Å². The summed E-state index contributed by atoms with van der Waals surface area (Å²) >= 11 is 0. The van der Waals surface area contributed by atoms with Crippen LogP contribution < -0.4 is 15.3 Å². The summed E-state index contributed by atoms with van der Waals surface area (Å²) in [7, 11) is -1.52. The van der Waals surface area contributed by atoms with E-state index in [1.54, 1.807) is 31.2 Å². The first-order chi connectivity index (χ1) is 24.4. The SMILES string of the molecule is CN=C[C@@]1(c2ccc3c(N)ncnn23)O[C@H](COP(=O)(N[C@@H](C)C(=O)OCC(C)OC)Oc2ccc(C(C)(C)C)cc2)[C@@H](OC(C)=O)[C@H]1OC(C)=O. The van der Waals surface area contributed by atoms with Gasteiger partial charge in [-0.3, -0.25) is 23.9 Å². The largest absolute Gasteiger partial charge is 0.462 e. The van der Waals surface area contributed by atoms with Crippen LogP contribution in [0.25, 0.3) is 5.52 Å². The maximum atomic E-state index is 14.5. The molecule has 2 aromatic heterocycles. The Kier molecular flexibility index (Phi) is 12.8. The number of hydrogen-bond acceptors (Lipinski definition) is 15. The summed E-state index contributed by atoms with van der Waals surface area (Å²) in [5, 5.41) is 6.95. The minimum absolute atomic E-state index is 0.0504. The van der Waals surface area contributed by atoms with E-state index < -0.39 is 62.2 Å². The summed E-state index contributed by atoms with van der Waals surface area (Å²) in [6, 6.07) is 8.97. The van der Waals surface area contributed by atoms with Gasteiger partial charge in [0.25, 0.3) is 0 Å². The Bertz CT molecular complexity index is 1810. The fourth-order valence-electron chi connectivity index (χ4n) is 5.53. The van der Waals surface area contributed by atoms with E-state index in [9.17, 15) is 18.9 Å². The summed E-state index contributed by atoms with van der Waals surface area (Å²) in [6.45, 7) is 11.0. The van der Waals surface area contributed by atoms with E-state index in [-0.39, 0.29) is 29.7 Å². The number of rotatable bonds is 15. The highest BCUT2D eigenvalue weighted by Crippen LogP contribution is 2.48. The average molecular weight is 747 g/mol. The predicted molar refractivity (Wildman–Crippen MR) is 189 cm³/mol. The zero-order valence-electron chi connectivity index (χ0n) is 30.7. The van der Waals surface area contributed by atoms with Crippen molar-refractivity contribution in [3.63, 3.8) is 0 Å². The van der Waals surface area contributed by atoms with Crippen LogP contribution in [-0.2, 0) is 58.2 Å². The number of aliphatic imine (C=N–C) groups is 1. The maximum Gasteiger partial charge on any atom is 0.459 e. The van der Waals surface area contributed by atoms with Gasteiger partial charge >= 0.3 is 25.7 Å². The van der Waals surface area contributed by atoms with E-state index in [1.165, 1.54) is 52.0 Å². The first-order valence-corrected chi connectivity index (χ1v) is 18.0. The monoisotopic (exact) mass is 746 g/mol. The van der Waals surface area contributed by atoms with E-state index in [2.05, 4.69) is 20.2 Å². The molecule has 1 saturated heterocycles. The lowest BCUT2D eigenvalue weighted by Gasteiger charge is -2.30. The molecular weight excluding hydrogens is 699 g/mol. The average Bonchev–Trinajstić information content (AvgIpc) is 3.63. The van der Waals surface area contributed by atoms with Gasteiger partial charge in [0.1, 0.15) is 36.3 Å². The molecule has 0 aliphatic carbocycles. The molecule has 52 heavy (non-hydrogen) atoms. The van der Waals surface area contributed by atoms with E-state index in [0.29, 0.717) is 11.2 Å². The van der Waals surface area contributed by atoms with E-state index in [1.807, 2.05) is 32.9 Å². The number of benzene rings is 1. The molecule has 0 bridgehead atoms. The number of esters is 3. The Morgan fingerprint density at radius 1 is 1.12 bits per heavy atom. The van der Waals surface area contributed by atoms with Crippen LogP contribution in [-0.4, -0.2) is 96.5 Å². The Morgan fingerprint density at radius 2 is 1.79 bits per heavy atom. The molecule has 1 aromatic carbocycles. The number of carbonyl (C=O) groups excluding carboxylic acids is 3. The standard InChI is InChI=1S/C34H47N6O11P/c1-20(45-9)16-46-32(43)21(2)39-52(44,51-25-12-10-24(11-13-25)33(5,6)7)47-17-27-29(48-22(3)41)30(49-23(4)42)34(50-27,18-36-8)28-15-14-26-31(35)37-19-38-40(26)28/h10-15,18-21,27,29-30H,16-17H2,1-9H3,(H,39,44)(H2,35,37,38)/t20?,21-,27+,29+,30+,34-,52?/m0/s1. The number of ether oxygens (including phenoxy) is 5. The van der Waals surface area contributed by atoms with Crippen LogP contribution in [0.4, 0.5) is 5.82 Å². The number of aromatic nitrogens is 3. The van der Waals surface area contributed by atoms with Crippen LogP contribution in [0, 0.1) is 0 Å². The molecule has 18 heteroatoms. The molecule has 0 amide bonds. The lowest BCUT2D eigenvalue weighted by molar-refractivity contribution is -0.165. The van der Waals surface area contributed by atoms with Crippen LogP contribution in [0.2, 0.25) is 0 Å². The van der Waals surface area contributed by atoms with E-state index >= 15 is 0 Å². The number of anilines is 1. The topological polar surface area (TPSA) is 213 Å². The van der Waals surface area contributed by atoms with Gasteiger partial charge in [-0.15, -0.1) is 0 Å². The molecule has 1 fully saturated rings. The molecular formula is C34H47N6O11P. The second kappa shape index (κ2) is 16.5. The van der Waals surface area contributed by atoms with Crippen LogP contribution in [0.15, 0.2) is 47.7 Å². The highest BCUT2D eigenvalue weighted by atomic mass is 31.2. The number of hydrogen-bond donors (Lipinski definition) is 2. The van der Waals surface area contributed by atoms with E-state index in [4.69, 9.17) is 38.5 Å². The smallest absolute Gasteiger partial charge is 0.459 e. The van der Waals surface area contributed by atoms with E-state index in [0.717, 1.165) is 5.56 Å². The Hall–Kier alpha value is -4.41. The Balaban J connectivity index is 1.74. The van der Waals surface area contributed by atoms with Crippen LogP contribution in [0.3, 0.4) is 0 Å². The molecule has 0 radical (unpaired) electrons. The number of fused-ring (bicyclic) bond motifs is 1. The van der Waals surface area contributed by atoms with Gasteiger partial charge in [0.2, 0.25) is 0 Å². The molecule has 7 atom stereocenters. The van der Waals surface area contributed by atoms with Crippen molar-refractivity contribution >= 4 is 43.2 Å². The number of carbonyl (C=O) groups is 3. The van der Waals surface area contributed by atoms with Gasteiger partial charge in [0.15, 0.2) is 23.6 Å². The maximum absolute atomic E-state index is 14.5. The third-order valence-electron chi connectivity index (χ3n) is 8.15. The minimum atomic E-state index is -4.47. The number of nitrogens with two attached hydrogens (primary N) is 1. The van der Waals surface area contributed by atoms with Crippen LogP contribution in [0.5, 0.6) is 5.75 Å². The predicted octanol–water partition coefficient (Wildman–Crippen LogP) is 3.53. The van der Waals surface area contributed by atoms with Crippen molar-refractivity contribution in [3.05, 3.63) is 54.0 Å². The van der Waals surface area contributed by atoms with Crippen molar-refractivity contribution in [1.29, 1.82) is 0 Å². The van der Waals surface area contributed by atoms with Crippen LogP contribution >= 0.6 is 7.75 Å². The Labute approximate surface area is 302 Å². The summed E-state index contributed by atoms with van der Waals surface area (Å²) < 4.78 is 56.4. The molecule has 1 aliphatic rings. The summed E-state index contributed by atoms with van der Waals surface area (Å²) in [4.78, 5) is 46.2. The van der Waals surface area contributed by atoms with Gasteiger partial charge in [-0.2, -0.15) is 10.2 Å². The second-order valence-electron chi connectivity index (χ2n) is 13.3. The quantitative estimate of drug-likeness (QED) is 0.0985. The molecule has 1 aliphatic heterocycles. The third kappa shape index (κ3) is 9.33. The second-order valence-corrected chi connectivity index (χ2v) is 15.0. The van der Waals surface area contributed by atoms with Gasteiger partial charge in [-0.05, 0) is 49.1 Å². The van der Waals surface area contributed by atoms with Gasteiger partial charge in [0.05, 0.1) is 18.4 Å². The molecule has 3 aromatic rings. The molecule has 17 nitrogen and oxygen atoms in total. The first-order valence-electron chi connectivity index (χ1n) is 16.5. The fraction of sp³-hybridized carbons (Fsp3) is 0.529. The zero-order valence-corrected chi connectivity index (χ0v) is 31.6. The molecule has 3 N–H and O–H groups in total. The molecule has 3 heterocycles. The van der Waals surface area contributed by atoms with Gasteiger partial charge in [-0.1, -0.05) is 32.9 Å². The van der Waals surface area contributed by atoms with Crippen molar-refractivity contribution in [2.45, 2.75) is 89.9 Å². The number of nitrogens with one attached hydrogen (secondary N) is 1. The van der Waals surface area contributed by atoms with Crippen molar-refractivity contribution in [1.82, 2.24) is 19.7 Å². The number of methoxy groups -OCH3 is 1. The Morgan fingerprint density at radius 3 is 2.38 bits per heavy atom. The fourth-order valence-corrected chi connectivity index (χ4v) is 7.03. The highest BCUT2D eigenvalue weighted by Gasteiger charge is 2.61. The molecule has 0 saturated carbocycles. The molecule has 2 unspecified atom stereocenters. The van der Waals surface area contributed by atoms with Crippen LogP contribution in [0.1, 0.15) is 59.7 Å². The highest BCUT2D eigenvalue weighted by molar-refractivity contribution is 7.52. The first kappa shape index (κ1) is 40.4. The summed E-state index contributed by atoms with van der Waals surface area (Å²) in [6.07, 6.45) is -1.72. The lowest BCUT2D eigenvalue weighted by Crippen LogP contribution is -2.47. The molecule has 0 spiro atoms. The molecule has 4 rings (SSSR count). The van der Waals surface area contributed by atoms with Crippen molar-refractivity contribution < 1.29 is 51.7 Å². The number of nitrogen functional groups attached to an aromatic ring is 1. The summed E-state index contributed by atoms with van der Waals surface area (Å²) in [5.41, 5.74) is 5.89. The van der Waals surface area contributed by atoms with Gasteiger partial charge < -0.3 is 33.9 Å². The summed E-state index contributed by atoms with van der Waals surface area (Å²) in [5.74, 6) is -1.87. The lowest BCUT2D eigenvalue weighted by atomic mass is 9.87.